The van der Waals surface area contributed by atoms with Gasteiger partial charge in [0.05, 0.1) is 5.69 Å². The second kappa shape index (κ2) is 7.29. The van der Waals surface area contributed by atoms with Crippen molar-refractivity contribution < 1.29 is 0 Å². The highest BCUT2D eigenvalue weighted by Crippen LogP contribution is 2.30. The van der Waals surface area contributed by atoms with Gasteiger partial charge in [0.2, 0.25) is 0 Å². The zero-order chi connectivity index (χ0) is 14.5. The van der Waals surface area contributed by atoms with Gasteiger partial charge in [0.25, 0.3) is 0 Å². The van der Waals surface area contributed by atoms with Gasteiger partial charge in [0.1, 0.15) is 5.65 Å². The quantitative estimate of drug-likeness (QED) is 0.473. The van der Waals surface area contributed by atoms with Gasteiger partial charge in [-0.1, -0.05) is 54.3 Å². The first-order chi connectivity index (χ1) is 10.3. The maximum Gasteiger partial charge on any atom is 0.175 e. The van der Waals surface area contributed by atoms with Gasteiger partial charge in [-0.25, -0.2) is 4.98 Å². The van der Waals surface area contributed by atoms with E-state index in [2.05, 4.69) is 28.3 Å². The Morgan fingerprint density at radius 2 is 2.05 bits per heavy atom. The fourth-order valence-corrected chi connectivity index (χ4v) is 4.87. The van der Waals surface area contributed by atoms with E-state index in [1.165, 1.54) is 12.8 Å². The van der Waals surface area contributed by atoms with Gasteiger partial charge in [-0.2, -0.15) is 0 Å². The summed E-state index contributed by atoms with van der Waals surface area (Å²) < 4.78 is 4.13. The molecule has 3 heterocycles. The molecule has 21 heavy (non-hydrogen) atoms. The molecule has 3 aromatic rings. The standard InChI is InChI=1S/C14H16N4S3/c1-2-3-8-19-13-16-17-14(21-13)20-10-11-9-18-7-5-4-6-12(18)15-11/h4-7,9H,2-3,8,10H2,1H3. The van der Waals surface area contributed by atoms with Crippen LogP contribution in [0.25, 0.3) is 5.65 Å². The predicted molar refractivity (Wildman–Crippen MR) is 90.3 cm³/mol. The Morgan fingerprint density at radius 3 is 2.86 bits per heavy atom. The Bertz CT molecular complexity index is 674. The Labute approximate surface area is 136 Å². The number of thioether (sulfide) groups is 2. The summed E-state index contributed by atoms with van der Waals surface area (Å²) in [4.78, 5) is 4.59. The van der Waals surface area contributed by atoms with Crippen LogP contribution in [0.1, 0.15) is 25.5 Å². The summed E-state index contributed by atoms with van der Waals surface area (Å²) in [5.74, 6) is 1.96. The van der Waals surface area contributed by atoms with Gasteiger partial charge in [0.15, 0.2) is 8.68 Å². The fraction of sp³-hybridized carbons (Fsp3) is 0.357. The van der Waals surface area contributed by atoms with Crippen LogP contribution in [0.3, 0.4) is 0 Å². The number of hydrogen-bond acceptors (Lipinski definition) is 6. The highest BCUT2D eigenvalue weighted by atomic mass is 32.2. The number of unbranched alkanes of at least 4 members (excludes halogenated alkanes) is 1. The van der Waals surface area contributed by atoms with Crippen LogP contribution in [0, 0.1) is 0 Å². The van der Waals surface area contributed by atoms with Crippen molar-refractivity contribution >= 4 is 40.5 Å². The minimum absolute atomic E-state index is 0.829. The molecule has 3 aromatic heterocycles. The van der Waals surface area contributed by atoms with Crippen LogP contribution in [-0.2, 0) is 5.75 Å². The molecule has 0 unspecified atom stereocenters. The molecular weight excluding hydrogens is 320 g/mol. The number of rotatable bonds is 7. The maximum absolute atomic E-state index is 4.59. The number of nitrogens with zero attached hydrogens (tertiary/aromatic N) is 4. The van der Waals surface area contributed by atoms with Crippen LogP contribution in [0.2, 0.25) is 0 Å². The molecule has 0 amide bonds. The molecule has 0 saturated carbocycles. The normalized spacial score (nSPS) is 11.3. The van der Waals surface area contributed by atoms with Crippen molar-refractivity contribution in [1.82, 2.24) is 19.6 Å². The molecule has 0 aliphatic rings. The molecule has 4 nitrogen and oxygen atoms in total. The van der Waals surface area contributed by atoms with E-state index in [1.807, 2.05) is 28.8 Å². The zero-order valence-corrected chi connectivity index (χ0v) is 14.2. The van der Waals surface area contributed by atoms with Crippen LogP contribution < -0.4 is 0 Å². The lowest BCUT2D eigenvalue weighted by Gasteiger charge is -1.93. The SMILES string of the molecule is CCCCSc1nnc(SCc2cn3ccccc3n2)s1. The van der Waals surface area contributed by atoms with Crippen molar-refractivity contribution in [3.05, 3.63) is 36.3 Å². The summed E-state index contributed by atoms with van der Waals surface area (Å²) in [6.45, 7) is 2.21. The number of fused-ring (bicyclic) bond motifs is 1. The Morgan fingerprint density at radius 1 is 1.19 bits per heavy atom. The van der Waals surface area contributed by atoms with Crippen LogP contribution in [-0.4, -0.2) is 25.3 Å². The molecule has 0 radical (unpaired) electrons. The summed E-state index contributed by atoms with van der Waals surface area (Å²) in [5.41, 5.74) is 2.06. The Kier molecular flexibility index (Phi) is 5.16. The van der Waals surface area contributed by atoms with Crippen molar-refractivity contribution in [2.24, 2.45) is 0 Å². The summed E-state index contributed by atoms with van der Waals surface area (Å²) in [5, 5.41) is 8.47. The molecule has 0 N–H and O–H groups in total. The largest absolute Gasteiger partial charge is 0.307 e. The number of aromatic nitrogens is 4. The van der Waals surface area contributed by atoms with Gasteiger partial charge in [-0.15, -0.1) is 10.2 Å². The van der Waals surface area contributed by atoms with Crippen LogP contribution in [0.15, 0.2) is 39.3 Å². The van der Waals surface area contributed by atoms with Crippen molar-refractivity contribution in [2.45, 2.75) is 34.2 Å². The van der Waals surface area contributed by atoms with Crippen LogP contribution >= 0.6 is 34.9 Å². The molecule has 0 aliphatic carbocycles. The average Bonchev–Trinajstić information content (AvgIpc) is 3.11. The van der Waals surface area contributed by atoms with E-state index in [0.29, 0.717) is 0 Å². The minimum Gasteiger partial charge on any atom is -0.307 e. The zero-order valence-electron chi connectivity index (χ0n) is 11.7. The average molecular weight is 337 g/mol. The lowest BCUT2D eigenvalue weighted by Crippen LogP contribution is -1.79. The van der Waals surface area contributed by atoms with Gasteiger partial charge < -0.3 is 4.40 Å². The van der Waals surface area contributed by atoms with Gasteiger partial charge in [-0.3, -0.25) is 0 Å². The van der Waals surface area contributed by atoms with Gasteiger partial charge >= 0.3 is 0 Å². The first kappa shape index (κ1) is 14.9. The number of hydrogen-bond donors (Lipinski definition) is 0. The maximum atomic E-state index is 4.59. The molecule has 0 bridgehead atoms. The predicted octanol–water partition coefficient (Wildman–Crippen LogP) is 4.37. The summed E-state index contributed by atoms with van der Waals surface area (Å²) in [7, 11) is 0. The van der Waals surface area contributed by atoms with Crippen molar-refractivity contribution in [1.29, 1.82) is 0 Å². The third-order valence-corrected chi connectivity index (χ3v) is 6.18. The molecule has 0 aromatic carbocycles. The lowest BCUT2D eigenvalue weighted by molar-refractivity contribution is 0.892. The lowest BCUT2D eigenvalue weighted by atomic mass is 10.4. The molecule has 3 rings (SSSR count). The van der Waals surface area contributed by atoms with Gasteiger partial charge in [0, 0.05) is 23.9 Å². The van der Waals surface area contributed by atoms with Crippen LogP contribution in [0.4, 0.5) is 0 Å². The van der Waals surface area contributed by atoms with E-state index in [0.717, 1.165) is 31.5 Å². The van der Waals surface area contributed by atoms with E-state index >= 15 is 0 Å². The van der Waals surface area contributed by atoms with Crippen molar-refractivity contribution in [3.63, 3.8) is 0 Å². The second-order valence-electron chi connectivity index (χ2n) is 4.52. The number of imidazole rings is 1. The molecular formula is C14H16N4S3. The van der Waals surface area contributed by atoms with E-state index in [4.69, 9.17) is 0 Å². The first-order valence-electron chi connectivity index (χ1n) is 6.87. The highest BCUT2D eigenvalue weighted by molar-refractivity contribution is 8.02. The monoisotopic (exact) mass is 336 g/mol. The minimum atomic E-state index is 0.829. The summed E-state index contributed by atoms with van der Waals surface area (Å²) >= 11 is 5.19. The van der Waals surface area contributed by atoms with Gasteiger partial charge in [-0.05, 0) is 18.6 Å². The topological polar surface area (TPSA) is 43.1 Å². The van der Waals surface area contributed by atoms with Crippen molar-refractivity contribution in [2.75, 3.05) is 5.75 Å². The Hall–Kier alpha value is -1.05. The molecule has 0 spiro atoms. The molecule has 0 atom stereocenters. The third kappa shape index (κ3) is 3.99. The fourth-order valence-electron chi connectivity index (χ4n) is 1.81. The number of pyridine rings is 1. The molecule has 7 heteroatoms. The molecule has 0 fully saturated rings. The molecule has 0 saturated heterocycles. The van der Waals surface area contributed by atoms with E-state index in [1.54, 1.807) is 34.9 Å². The summed E-state index contributed by atoms with van der Waals surface area (Å²) in [6, 6.07) is 6.03. The summed E-state index contributed by atoms with van der Waals surface area (Å²) in [6.07, 6.45) is 6.54. The Balaban J connectivity index is 1.57. The second-order valence-corrected chi connectivity index (χ2v) is 8.06. The van der Waals surface area contributed by atoms with E-state index in [-0.39, 0.29) is 0 Å². The van der Waals surface area contributed by atoms with E-state index < -0.39 is 0 Å². The molecule has 110 valence electrons. The molecule has 0 aliphatic heterocycles. The highest BCUT2D eigenvalue weighted by Gasteiger charge is 2.07. The third-order valence-electron chi connectivity index (χ3n) is 2.87. The van der Waals surface area contributed by atoms with Crippen molar-refractivity contribution in [3.8, 4) is 0 Å². The van der Waals surface area contributed by atoms with E-state index in [9.17, 15) is 0 Å². The van der Waals surface area contributed by atoms with Crippen LogP contribution in [0.5, 0.6) is 0 Å². The first-order valence-corrected chi connectivity index (χ1v) is 9.65. The smallest absolute Gasteiger partial charge is 0.175 e.